The highest BCUT2D eigenvalue weighted by Gasteiger charge is 2.63. The van der Waals surface area contributed by atoms with E-state index in [0.717, 1.165) is 0 Å². The lowest BCUT2D eigenvalue weighted by Gasteiger charge is -2.49. The van der Waals surface area contributed by atoms with Gasteiger partial charge in [-0.3, -0.25) is 0 Å². The molecule has 2 atom stereocenters. The van der Waals surface area contributed by atoms with Gasteiger partial charge in [0, 0.05) is 0 Å². The van der Waals surface area contributed by atoms with Crippen molar-refractivity contribution in [1.29, 1.82) is 0 Å². The van der Waals surface area contributed by atoms with Crippen LogP contribution in [0.25, 0.3) is 0 Å². The molecule has 2 aromatic carbocycles. The van der Waals surface area contributed by atoms with Gasteiger partial charge in [0.1, 0.15) is 5.75 Å². The molecule has 9 nitrogen and oxygen atoms in total. The Bertz CT molecular complexity index is 1130. The Balaban J connectivity index is 1.93. The van der Waals surface area contributed by atoms with Gasteiger partial charge in [0.15, 0.2) is 5.54 Å². The van der Waals surface area contributed by atoms with Crippen LogP contribution in [-0.2, 0) is 31.7 Å². The number of methoxy groups -OCH3 is 1. The minimum Gasteiger partial charge on any atom is -0.826 e. The van der Waals surface area contributed by atoms with Gasteiger partial charge in [0.25, 0.3) is 10.0 Å². The first-order valence-corrected chi connectivity index (χ1v) is 11.3. The summed E-state index contributed by atoms with van der Waals surface area (Å²) in [5, 5.41) is 22.5. The molecule has 0 fully saturated rings. The number of sulfonamides is 1. The zero-order chi connectivity index (χ0) is 22.3. The lowest BCUT2D eigenvalue weighted by Crippen LogP contribution is -2.68. The SMILES string of the molecule is CCOC(=O)C12CCCc3ccccc3C1([O-])N(S(=O)(=O)c1ccc(OC)cc1)N=N2. The minimum atomic E-state index is -4.44. The topological polar surface area (TPSA) is 121 Å². The van der Waals surface area contributed by atoms with Gasteiger partial charge in [0.05, 0.1) is 24.3 Å². The Hall–Kier alpha value is -2.98. The van der Waals surface area contributed by atoms with Crippen molar-refractivity contribution in [2.45, 2.75) is 42.3 Å². The fourth-order valence-corrected chi connectivity index (χ4v) is 5.55. The monoisotopic (exact) mass is 444 g/mol. The van der Waals surface area contributed by atoms with Gasteiger partial charge in [-0.1, -0.05) is 29.5 Å². The first kappa shape index (κ1) is 21.3. The molecule has 0 amide bonds. The number of nitrogens with zero attached hydrogens (tertiary/aromatic N) is 3. The lowest BCUT2D eigenvalue weighted by atomic mass is 9.80. The second kappa shape index (κ2) is 7.61. The van der Waals surface area contributed by atoms with Gasteiger partial charge >= 0.3 is 5.97 Å². The van der Waals surface area contributed by atoms with Crippen LogP contribution in [0.15, 0.2) is 63.8 Å². The summed E-state index contributed by atoms with van der Waals surface area (Å²) < 4.78 is 37.7. The van der Waals surface area contributed by atoms with E-state index in [0.29, 0.717) is 28.6 Å². The van der Waals surface area contributed by atoms with Crippen molar-refractivity contribution < 1.29 is 27.8 Å². The Morgan fingerprint density at radius 3 is 2.58 bits per heavy atom. The third kappa shape index (κ3) is 3.01. The second-order valence-corrected chi connectivity index (χ2v) is 9.12. The van der Waals surface area contributed by atoms with E-state index in [9.17, 15) is 18.3 Å². The Labute approximate surface area is 180 Å². The van der Waals surface area contributed by atoms with Gasteiger partial charge in [0.2, 0.25) is 0 Å². The van der Waals surface area contributed by atoms with E-state index < -0.39 is 27.3 Å². The highest BCUT2D eigenvalue weighted by atomic mass is 32.2. The number of benzene rings is 2. The highest BCUT2D eigenvalue weighted by Crippen LogP contribution is 2.51. The first-order valence-electron chi connectivity index (χ1n) is 9.89. The normalized spacial score (nSPS) is 24.8. The van der Waals surface area contributed by atoms with Gasteiger partial charge < -0.3 is 14.6 Å². The molecule has 1 heterocycles. The van der Waals surface area contributed by atoms with Gasteiger partial charge in [-0.15, -0.1) is 5.11 Å². The molecule has 0 aromatic heterocycles. The molecule has 2 aliphatic rings. The van der Waals surface area contributed by atoms with Crippen LogP contribution < -0.4 is 9.84 Å². The summed E-state index contributed by atoms with van der Waals surface area (Å²) in [6.07, 6.45) is 0.977. The molecule has 2 unspecified atom stereocenters. The summed E-state index contributed by atoms with van der Waals surface area (Å²) in [6.45, 7) is 1.64. The van der Waals surface area contributed by atoms with Gasteiger partial charge in [-0.05, 0) is 61.6 Å². The molecular weight excluding hydrogens is 422 g/mol. The largest absolute Gasteiger partial charge is 0.826 e. The molecule has 0 radical (unpaired) electrons. The van der Waals surface area contributed by atoms with E-state index in [1.807, 2.05) is 0 Å². The van der Waals surface area contributed by atoms with Crippen LogP contribution >= 0.6 is 0 Å². The third-order valence-electron chi connectivity index (χ3n) is 5.69. The fourth-order valence-electron chi connectivity index (χ4n) is 4.15. The number of fused-ring (bicyclic) bond motifs is 3. The van der Waals surface area contributed by atoms with Crippen LogP contribution in [0.4, 0.5) is 0 Å². The van der Waals surface area contributed by atoms with Crippen LogP contribution in [0.5, 0.6) is 5.75 Å². The summed E-state index contributed by atoms with van der Waals surface area (Å²) in [7, 11) is -2.98. The molecule has 0 spiro atoms. The quantitative estimate of drug-likeness (QED) is 0.650. The number of ether oxygens (including phenoxy) is 2. The van der Waals surface area contributed by atoms with E-state index in [1.54, 1.807) is 25.1 Å². The summed E-state index contributed by atoms with van der Waals surface area (Å²) in [4.78, 5) is 12.9. The molecule has 1 aliphatic heterocycles. The predicted molar refractivity (Wildman–Crippen MR) is 107 cm³/mol. The number of carbonyl (C=O) groups is 1. The van der Waals surface area contributed by atoms with E-state index in [1.165, 1.54) is 37.4 Å². The number of hydrogen-bond donors (Lipinski definition) is 0. The number of esters is 1. The van der Waals surface area contributed by atoms with Crippen molar-refractivity contribution >= 4 is 16.0 Å². The Morgan fingerprint density at radius 2 is 1.90 bits per heavy atom. The third-order valence-corrected chi connectivity index (χ3v) is 7.35. The summed E-state index contributed by atoms with van der Waals surface area (Å²) in [5.74, 6) is -0.419. The van der Waals surface area contributed by atoms with Gasteiger partial charge in [-0.2, -0.15) is 12.8 Å². The van der Waals surface area contributed by atoms with Crippen LogP contribution in [0.3, 0.4) is 0 Å². The van der Waals surface area contributed by atoms with Crippen molar-refractivity contribution in [2.75, 3.05) is 13.7 Å². The van der Waals surface area contributed by atoms with Crippen molar-refractivity contribution in [3.05, 3.63) is 59.7 Å². The summed E-state index contributed by atoms with van der Waals surface area (Å²) in [6, 6.07) is 12.3. The summed E-state index contributed by atoms with van der Waals surface area (Å²) >= 11 is 0. The van der Waals surface area contributed by atoms with E-state index in [-0.39, 0.29) is 23.5 Å². The Morgan fingerprint density at radius 1 is 1.19 bits per heavy atom. The maximum Gasteiger partial charge on any atom is 0.337 e. The standard InChI is InChI=1S/C21H22N3O6S/c1-3-30-19(25)20-14-6-8-15-7-4-5-9-18(15)21(20,26)24(23-22-20)31(27,28)17-12-10-16(29-2)11-13-17/h4-5,7,9-13H,3,6,8,14H2,1-2H3/q-1. The van der Waals surface area contributed by atoms with Crippen molar-refractivity contribution in [1.82, 2.24) is 4.41 Å². The maximum absolute atomic E-state index is 14.7. The van der Waals surface area contributed by atoms with Crippen LogP contribution in [0, 0.1) is 0 Å². The van der Waals surface area contributed by atoms with Gasteiger partial charge in [-0.25, -0.2) is 4.79 Å². The predicted octanol–water partition coefficient (Wildman–Crippen LogP) is 1.92. The van der Waals surface area contributed by atoms with E-state index in [2.05, 4.69) is 10.3 Å². The molecule has 2 aromatic rings. The molecule has 10 heteroatoms. The molecular formula is C21H22N3O6S-. The molecule has 4 rings (SSSR count). The van der Waals surface area contributed by atoms with E-state index in [4.69, 9.17) is 9.47 Å². The molecule has 0 bridgehead atoms. The van der Waals surface area contributed by atoms with Crippen LogP contribution in [0.2, 0.25) is 0 Å². The number of aryl methyl sites for hydroxylation is 1. The fraction of sp³-hybridized carbons (Fsp3) is 0.381. The molecule has 164 valence electrons. The minimum absolute atomic E-state index is 0.0160. The molecule has 0 saturated heterocycles. The average Bonchev–Trinajstić information content (AvgIpc) is 3.02. The number of carbonyl (C=O) groups excluding carboxylic acids is 1. The molecule has 1 aliphatic carbocycles. The van der Waals surface area contributed by atoms with E-state index >= 15 is 0 Å². The number of hydrogen-bond acceptors (Lipinski definition) is 8. The van der Waals surface area contributed by atoms with Crippen molar-refractivity contribution in [2.24, 2.45) is 10.3 Å². The van der Waals surface area contributed by atoms with Crippen LogP contribution in [0.1, 0.15) is 30.9 Å². The average molecular weight is 444 g/mol. The second-order valence-electron chi connectivity index (χ2n) is 7.35. The summed E-state index contributed by atoms with van der Waals surface area (Å²) in [5.41, 5.74) is -3.83. The zero-order valence-electron chi connectivity index (χ0n) is 17.1. The Kier molecular flexibility index (Phi) is 5.22. The molecule has 0 N–H and O–H groups in total. The zero-order valence-corrected chi connectivity index (χ0v) is 18.0. The maximum atomic E-state index is 14.7. The number of rotatable bonds is 5. The molecule has 31 heavy (non-hydrogen) atoms. The van der Waals surface area contributed by atoms with Crippen molar-refractivity contribution in [3.8, 4) is 5.75 Å². The lowest BCUT2D eigenvalue weighted by molar-refractivity contribution is -0.527. The van der Waals surface area contributed by atoms with Crippen LogP contribution in [-0.4, -0.2) is 38.1 Å². The van der Waals surface area contributed by atoms with Crippen molar-refractivity contribution in [3.63, 3.8) is 0 Å². The smallest absolute Gasteiger partial charge is 0.337 e. The molecule has 0 saturated carbocycles. The highest BCUT2D eigenvalue weighted by molar-refractivity contribution is 7.89. The first-order chi connectivity index (χ1) is 14.8.